The first-order valence-corrected chi connectivity index (χ1v) is 5.05. The summed E-state index contributed by atoms with van der Waals surface area (Å²) < 4.78 is 0. The summed E-state index contributed by atoms with van der Waals surface area (Å²) in [6.07, 6.45) is 1.60. The van der Waals surface area contributed by atoms with Gasteiger partial charge in [-0.3, -0.25) is 4.79 Å². The maximum atomic E-state index is 12.0. The minimum Gasteiger partial charge on any atom is -0.480 e. The lowest BCUT2D eigenvalue weighted by Crippen LogP contribution is -2.52. The van der Waals surface area contributed by atoms with Gasteiger partial charge in [0.15, 0.2) is 0 Å². The largest absolute Gasteiger partial charge is 0.480 e. The van der Waals surface area contributed by atoms with E-state index in [1.807, 2.05) is 0 Å². The molecule has 5 heteroatoms. The molecule has 16 heavy (non-hydrogen) atoms. The van der Waals surface area contributed by atoms with Gasteiger partial charge in [-0.2, -0.15) is 0 Å². The average molecular weight is 228 g/mol. The molecule has 0 radical (unpaired) electrons. The van der Waals surface area contributed by atoms with Crippen molar-refractivity contribution >= 4 is 12.0 Å². The molecule has 0 spiro atoms. The van der Waals surface area contributed by atoms with Crippen molar-refractivity contribution in [2.75, 3.05) is 20.1 Å². The van der Waals surface area contributed by atoms with Crippen molar-refractivity contribution in [2.45, 2.75) is 26.3 Å². The number of hydrogen-bond donors (Lipinski definition) is 1. The summed E-state index contributed by atoms with van der Waals surface area (Å²) in [6.45, 7) is 9.03. The van der Waals surface area contributed by atoms with Crippen LogP contribution in [0.2, 0.25) is 0 Å². The summed E-state index contributed by atoms with van der Waals surface area (Å²) in [4.78, 5) is 25.4. The average Bonchev–Trinajstić information content (AvgIpc) is 2.11. The lowest BCUT2D eigenvalue weighted by Gasteiger charge is -2.36. The molecule has 0 saturated heterocycles. The number of carbonyl (C=O) groups excluding carboxylic acids is 1. The highest BCUT2D eigenvalue weighted by atomic mass is 16.4. The van der Waals surface area contributed by atoms with Gasteiger partial charge in [-0.05, 0) is 20.8 Å². The first-order valence-electron chi connectivity index (χ1n) is 5.05. The van der Waals surface area contributed by atoms with Crippen LogP contribution in [0.4, 0.5) is 4.79 Å². The third kappa shape index (κ3) is 4.33. The van der Waals surface area contributed by atoms with Crippen LogP contribution in [0.25, 0.3) is 0 Å². The summed E-state index contributed by atoms with van der Waals surface area (Å²) in [6, 6.07) is -0.310. The molecule has 0 aliphatic carbocycles. The van der Waals surface area contributed by atoms with Crippen molar-refractivity contribution in [3.63, 3.8) is 0 Å². The first-order chi connectivity index (χ1) is 7.20. The van der Waals surface area contributed by atoms with Crippen LogP contribution in [0.3, 0.4) is 0 Å². The van der Waals surface area contributed by atoms with Crippen LogP contribution in [-0.2, 0) is 4.79 Å². The Morgan fingerprint density at radius 3 is 2.19 bits per heavy atom. The zero-order chi connectivity index (χ0) is 12.9. The number of carbonyl (C=O) groups is 2. The second-order valence-corrected chi connectivity index (χ2v) is 4.60. The molecular weight excluding hydrogens is 208 g/mol. The zero-order valence-electron chi connectivity index (χ0n) is 10.4. The fourth-order valence-electron chi connectivity index (χ4n) is 1.20. The van der Waals surface area contributed by atoms with E-state index in [9.17, 15) is 9.59 Å². The first kappa shape index (κ1) is 14.5. The van der Waals surface area contributed by atoms with E-state index >= 15 is 0 Å². The molecule has 0 fully saturated rings. The molecule has 0 heterocycles. The van der Waals surface area contributed by atoms with Crippen molar-refractivity contribution < 1.29 is 14.7 Å². The minimum atomic E-state index is -1.02. The summed E-state index contributed by atoms with van der Waals surface area (Å²) in [7, 11) is 1.62. The maximum absolute atomic E-state index is 12.0. The SMILES string of the molecule is C=CCN(C)C(=O)N(CC(=O)O)C(C)(C)C. The number of carboxylic acids is 1. The molecule has 5 nitrogen and oxygen atoms in total. The van der Waals surface area contributed by atoms with Crippen LogP contribution in [0.15, 0.2) is 12.7 Å². The summed E-state index contributed by atoms with van der Waals surface area (Å²) in [5.74, 6) is -1.02. The summed E-state index contributed by atoms with van der Waals surface area (Å²) >= 11 is 0. The molecule has 0 aromatic carbocycles. The normalized spacial score (nSPS) is 10.8. The van der Waals surface area contributed by atoms with Crippen LogP contribution in [0.5, 0.6) is 0 Å². The second kappa shape index (κ2) is 5.53. The second-order valence-electron chi connectivity index (χ2n) is 4.60. The Kier molecular flexibility index (Phi) is 5.01. The van der Waals surface area contributed by atoms with Crippen LogP contribution in [-0.4, -0.2) is 52.6 Å². The molecular formula is C11H20N2O3. The number of aliphatic carboxylic acids is 1. The van der Waals surface area contributed by atoms with E-state index in [0.29, 0.717) is 6.54 Å². The third-order valence-corrected chi connectivity index (χ3v) is 2.06. The van der Waals surface area contributed by atoms with Gasteiger partial charge in [0.25, 0.3) is 0 Å². The van der Waals surface area contributed by atoms with Crippen molar-refractivity contribution in [1.82, 2.24) is 9.80 Å². The smallest absolute Gasteiger partial charge is 0.323 e. The van der Waals surface area contributed by atoms with Crippen LogP contribution >= 0.6 is 0 Å². The highest BCUT2D eigenvalue weighted by molar-refractivity contribution is 5.80. The van der Waals surface area contributed by atoms with E-state index in [0.717, 1.165) is 0 Å². The monoisotopic (exact) mass is 228 g/mol. The van der Waals surface area contributed by atoms with Gasteiger partial charge in [0.1, 0.15) is 6.54 Å². The van der Waals surface area contributed by atoms with E-state index < -0.39 is 11.5 Å². The number of carboxylic acid groups (broad SMARTS) is 1. The standard InChI is InChI=1S/C11H20N2O3/c1-6-7-12(5)10(16)13(8-9(14)15)11(2,3)4/h6H,1,7-8H2,2-5H3,(H,14,15). The Morgan fingerprint density at radius 1 is 1.38 bits per heavy atom. The van der Waals surface area contributed by atoms with E-state index in [4.69, 9.17) is 5.11 Å². The topological polar surface area (TPSA) is 60.9 Å². The van der Waals surface area contributed by atoms with Crippen LogP contribution in [0, 0.1) is 0 Å². The molecule has 0 aliphatic heterocycles. The highest BCUT2D eigenvalue weighted by Crippen LogP contribution is 2.14. The molecule has 0 aromatic rings. The van der Waals surface area contributed by atoms with E-state index in [2.05, 4.69) is 6.58 Å². The Morgan fingerprint density at radius 2 is 1.88 bits per heavy atom. The van der Waals surface area contributed by atoms with Gasteiger partial charge in [-0.15, -0.1) is 6.58 Å². The number of amides is 2. The van der Waals surface area contributed by atoms with Gasteiger partial charge >= 0.3 is 12.0 Å². The maximum Gasteiger partial charge on any atom is 0.323 e. The molecule has 0 saturated carbocycles. The number of likely N-dealkylation sites (N-methyl/N-ethyl adjacent to an activating group) is 1. The predicted octanol–water partition coefficient (Wildman–Crippen LogP) is 1.41. The quantitative estimate of drug-likeness (QED) is 0.740. The van der Waals surface area contributed by atoms with Gasteiger partial charge in [0.05, 0.1) is 0 Å². The number of nitrogens with zero attached hydrogens (tertiary/aromatic N) is 2. The minimum absolute atomic E-state index is 0.302. The Labute approximate surface area is 96.3 Å². The van der Waals surface area contributed by atoms with Crippen LogP contribution in [0.1, 0.15) is 20.8 Å². The molecule has 0 aliphatic rings. The zero-order valence-corrected chi connectivity index (χ0v) is 10.4. The Bertz CT molecular complexity index is 281. The summed E-state index contributed by atoms with van der Waals surface area (Å²) in [5, 5.41) is 8.78. The molecule has 0 rings (SSSR count). The van der Waals surface area contributed by atoms with E-state index in [1.165, 1.54) is 9.80 Å². The summed E-state index contributed by atoms with van der Waals surface area (Å²) in [5.41, 5.74) is -0.523. The molecule has 0 aromatic heterocycles. The lowest BCUT2D eigenvalue weighted by molar-refractivity contribution is -0.138. The van der Waals surface area contributed by atoms with E-state index in [-0.39, 0.29) is 12.6 Å². The van der Waals surface area contributed by atoms with Gasteiger partial charge in [-0.25, -0.2) is 4.79 Å². The molecule has 2 amide bonds. The van der Waals surface area contributed by atoms with Gasteiger partial charge < -0.3 is 14.9 Å². The van der Waals surface area contributed by atoms with Gasteiger partial charge in [0, 0.05) is 19.1 Å². The Balaban J connectivity index is 4.82. The fourth-order valence-corrected chi connectivity index (χ4v) is 1.20. The highest BCUT2D eigenvalue weighted by Gasteiger charge is 2.30. The molecule has 0 atom stereocenters. The Hall–Kier alpha value is -1.52. The van der Waals surface area contributed by atoms with Gasteiger partial charge in [-0.1, -0.05) is 6.08 Å². The van der Waals surface area contributed by atoms with E-state index in [1.54, 1.807) is 33.9 Å². The van der Waals surface area contributed by atoms with Crippen molar-refractivity contribution in [3.8, 4) is 0 Å². The number of urea groups is 1. The van der Waals surface area contributed by atoms with Crippen molar-refractivity contribution in [1.29, 1.82) is 0 Å². The number of hydrogen-bond acceptors (Lipinski definition) is 2. The molecule has 1 N–H and O–H groups in total. The predicted molar refractivity (Wildman–Crippen MR) is 62.3 cm³/mol. The number of rotatable bonds is 4. The third-order valence-electron chi connectivity index (χ3n) is 2.06. The van der Waals surface area contributed by atoms with Crippen molar-refractivity contribution in [2.24, 2.45) is 0 Å². The lowest BCUT2D eigenvalue weighted by atomic mass is 10.1. The molecule has 0 unspecified atom stereocenters. The van der Waals surface area contributed by atoms with Gasteiger partial charge in [0.2, 0.25) is 0 Å². The van der Waals surface area contributed by atoms with Crippen molar-refractivity contribution in [3.05, 3.63) is 12.7 Å². The molecule has 0 bridgehead atoms. The van der Waals surface area contributed by atoms with Crippen LogP contribution < -0.4 is 0 Å². The molecule has 92 valence electrons. The fraction of sp³-hybridized carbons (Fsp3) is 0.636.